The quantitative estimate of drug-likeness (QED) is 0.808. The van der Waals surface area contributed by atoms with Gasteiger partial charge >= 0.3 is 5.97 Å². The molecule has 2 N–H and O–H groups in total. The maximum atomic E-state index is 10.4. The van der Waals surface area contributed by atoms with Crippen LogP contribution in [0.15, 0.2) is 5.57 Å². The van der Waals surface area contributed by atoms with Gasteiger partial charge in [-0.3, -0.25) is 9.36 Å². The molecule has 1 saturated carbocycles. The SMILES string of the molecule is O=C(O)CCCn1c(O)c(C=C2CC2)sc1=S. The highest BCUT2D eigenvalue weighted by Crippen LogP contribution is 2.35. The van der Waals surface area contributed by atoms with Gasteiger partial charge in [0.2, 0.25) is 5.88 Å². The second-order valence-corrected chi connectivity index (χ2v) is 5.68. The van der Waals surface area contributed by atoms with E-state index in [2.05, 4.69) is 0 Å². The first kappa shape index (κ1) is 12.3. The Morgan fingerprint density at radius 3 is 2.82 bits per heavy atom. The second kappa shape index (κ2) is 5.01. The largest absolute Gasteiger partial charge is 0.493 e. The summed E-state index contributed by atoms with van der Waals surface area (Å²) in [4.78, 5) is 11.2. The number of nitrogens with zero attached hydrogens (tertiary/aromatic N) is 1. The summed E-state index contributed by atoms with van der Waals surface area (Å²) in [6.07, 6.45) is 4.74. The van der Waals surface area contributed by atoms with Gasteiger partial charge in [-0.1, -0.05) is 5.57 Å². The van der Waals surface area contributed by atoms with Crippen LogP contribution in [0.25, 0.3) is 6.08 Å². The van der Waals surface area contributed by atoms with Crippen LogP contribution in [0.1, 0.15) is 30.6 Å². The highest BCUT2D eigenvalue weighted by molar-refractivity contribution is 7.73. The van der Waals surface area contributed by atoms with Crippen molar-refractivity contribution in [2.75, 3.05) is 0 Å². The number of rotatable bonds is 5. The smallest absolute Gasteiger partial charge is 0.303 e. The first-order chi connectivity index (χ1) is 8.08. The summed E-state index contributed by atoms with van der Waals surface area (Å²) >= 11 is 6.53. The fraction of sp³-hybridized carbons (Fsp3) is 0.455. The molecular formula is C11H13NO3S2. The summed E-state index contributed by atoms with van der Waals surface area (Å²) in [5.74, 6) is -0.656. The fourth-order valence-corrected chi connectivity index (χ4v) is 2.85. The lowest BCUT2D eigenvalue weighted by Crippen LogP contribution is -2.01. The minimum Gasteiger partial charge on any atom is -0.493 e. The van der Waals surface area contributed by atoms with Crippen molar-refractivity contribution >= 4 is 35.6 Å². The Morgan fingerprint density at radius 1 is 1.53 bits per heavy atom. The van der Waals surface area contributed by atoms with Gasteiger partial charge in [-0.25, -0.2) is 0 Å². The Morgan fingerprint density at radius 2 is 2.24 bits per heavy atom. The summed E-state index contributed by atoms with van der Waals surface area (Å²) < 4.78 is 2.21. The fourth-order valence-electron chi connectivity index (χ4n) is 1.50. The Labute approximate surface area is 108 Å². The molecule has 0 bridgehead atoms. The molecule has 0 saturated heterocycles. The summed E-state index contributed by atoms with van der Waals surface area (Å²) in [5.41, 5.74) is 1.33. The normalized spacial score (nSPS) is 13.8. The van der Waals surface area contributed by atoms with Crippen LogP contribution in [-0.4, -0.2) is 20.7 Å². The zero-order chi connectivity index (χ0) is 12.4. The van der Waals surface area contributed by atoms with E-state index in [-0.39, 0.29) is 12.3 Å². The van der Waals surface area contributed by atoms with Gasteiger partial charge in [-0.15, -0.1) is 11.3 Å². The second-order valence-electron chi connectivity index (χ2n) is 4.01. The van der Waals surface area contributed by atoms with Crippen molar-refractivity contribution in [2.24, 2.45) is 0 Å². The van der Waals surface area contributed by atoms with Crippen molar-refractivity contribution in [3.8, 4) is 5.88 Å². The number of allylic oxidation sites excluding steroid dienone is 1. The molecule has 17 heavy (non-hydrogen) atoms. The summed E-state index contributed by atoms with van der Waals surface area (Å²) in [6.45, 7) is 0.455. The van der Waals surface area contributed by atoms with E-state index in [1.54, 1.807) is 4.57 Å². The van der Waals surface area contributed by atoms with Crippen LogP contribution in [0.3, 0.4) is 0 Å². The van der Waals surface area contributed by atoms with E-state index in [1.165, 1.54) is 16.9 Å². The van der Waals surface area contributed by atoms with Gasteiger partial charge in [0, 0.05) is 13.0 Å². The standard InChI is InChI=1S/C11H13NO3S2/c13-9(14)2-1-5-12-10(15)8(17-11(12)16)6-7-3-4-7/h6,15H,1-5H2,(H,13,14). The number of thiazole rings is 1. The number of aliphatic carboxylic acids is 1. The van der Waals surface area contributed by atoms with E-state index in [4.69, 9.17) is 17.3 Å². The predicted molar refractivity (Wildman–Crippen MR) is 68.9 cm³/mol. The Kier molecular flexibility index (Phi) is 3.63. The third kappa shape index (κ3) is 3.17. The van der Waals surface area contributed by atoms with Gasteiger partial charge in [0.05, 0.1) is 4.88 Å². The summed E-state index contributed by atoms with van der Waals surface area (Å²) in [7, 11) is 0. The minimum atomic E-state index is -0.827. The number of aromatic hydroxyl groups is 1. The molecule has 0 unspecified atom stereocenters. The van der Waals surface area contributed by atoms with Gasteiger partial charge in [0.15, 0.2) is 3.95 Å². The zero-order valence-corrected chi connectivity index (χ0v) is 10.8. The Bertz CT molecular complexity index is 521. The number of hydrogen-bond donors (Lipinski definition) is 2. The molecule has 6 heteroatoms. The molecule has 0 amide bonds. The van der Waals surface area contributed by atoms with E-state index in [9.17, 15) is 9.90 Å². The number of aromatic nitrogens is 1. The van der Waals surface area contributed by atoms with E-state index >= 15 is 0 Å². The monoisotopic (exact) mass is 271 g/mol. The summed E-state index contributed by atoms with van der Waals surface area (Å²) in [5, 5.41) is 18.5. The number of carbonyl (C=O) groups is 1. The molecule has 92 valence electrons. The molecule has 0 spiro atoms. The van der Waals surface area contributed by atoms with Crippen molar-refractivity contribution in [1.82, 2.24) is 4.57 Å². The molecule has 4 nitrogen and oxygen atoms in total. The molecule has 1 aliphatic carbocycles. The molecule has 0 atom stereocenters. The molecule has 1 heterocycles. The molecule has 1 aliphatic rings. The Balaban J connectivity index is 2.11. The molecular weight excluding hydrogens is 258 g/mol. The number of carboxylic acids is 1. The maximum Gasteiger partial charge on any atom is 0.303 e. The predicted octanol–water partition coefficient (Wildman–Crippen LogP) is 3.03. The molecule has 1 fully saturated rings. The lowest BCUT2D eigenvalue weighted by molar-refractivity contribution is -0.137. The first-order valence-corrected chi connectivity index (χ1v) is 6.64. The average molecular weight is 271 g/mol. The zero-order valence-electron chi connectivity index (χ0n) is 9.18. The lowest BCUT2D eigenvalue weighted by atomic mass is 10.3. The van der Waals surface area contributed by atoms with E-state index in [1.807, 2.05) is 6.08 Å². The Hall–Kier alpha value is -1.14. The van der Waals surface area contributed by atoms with Gasteiger partial charge in [-0.2, -0.15) is 0 Å². The van der Waals surface area contributed by atoms with Crippen LogP contribution in [0.5, 0.6) is 5.88 Å². The molecule has 1 aromatic heterocycles. The van der Waals surface area contributed by atoms with Crippen molar-refractivity contribution in [2.45, 2.75) is 32.2 Å². The van der Waals surface area contributed by atoms with Crippen molar-refractivity contribution in [1.29, 1.82) is 0 Å². The lowest BCUT2D eigenvalue weighted by Gasteiger charge is -2.02. The van der Waals surface area contributed by atoms with Gasteiger partial charge in [0.1, 0.15) is 0 Å². The number of hydrogen-bond acceptors (Lipinski definition) is 4. The highest BCUT2D eigenvalue weighted by Gasteiger charge is 2.15. The topological polar surface area (TPSA) is 62.5 Å². The van der Waals surface area contributed by atoms with Gasteiger partial charge < -0.3 is 10.2 Å². The van der Waals surface area contributed by atoms with E-state index in [0.717, 1.165) is 17.7 Å². The molecule has 2 rings (SSSR count). The van der Waals surface area contributed by atoms with Crippen LogP contribution in [-0.2, 0) is 11.3 Å². The first-order valence-electron chi connectivity index (χ1n) is 5.42. The van der Waals surface area contributed by atoms with Crippen molar-refractivity contribution < 1.29 is 15.0 Å². The highest BCUT2D eigenvalue weighted by atomic mass is 32.1. The van der Waals surface area contributed by atoms with Crippen LogP contribution >= 0.6 is 23.6 Å². The average Bonchev–Trinajstić information content (AvgIpc) is 3.01. The van der Waals surface area contributed by atoms with Crippen LogP contribution in [0.4, 0.5) is 0 Å². The minimum absolute atomic E-state index is 0.0908. The van der Waals surface area contributed by atoms with Crippen LogP contribution in [0.2, 0.25) is 0 Å². The molecule has 0 radical (unpaired) electrons. The maximum absolute atomic E-state index is 10.4. The third-order valence-electron chi connectivity index (χ3n) is 2.54. The van der Waals surface area contributed by atoms with E-state index in [0.29, 0.717) is 16.9 Å². The van der Waals surface area contributed by atoms with Gasteiger partial charge in [-0.05, 0) is 37.6 Å². The van der Waals surface area contributed by atoms with Crippen molar-refractivity contribution in [3.63, 3.8) is 0 Å². The third-order valence-corrected chi connectivity index (χ3v) is 3.93. The molecule has 0 aliphatic heterocycles. The molecule has 1 aromatic rings. The van der Waals surface area contributed by atoms with Crippen LogP contribution in [0, 0.1) is 3.95 Å². The number of carboxylic acid groups (broad SMARTS) is 1. The van der Waals surface area contributed by atoms with Gasteiger partial charge in [0.25, 0.3) is 0 Å². The van der Waals surface area contributed by atoms with E-state index < -0.39 is 5.97 Å². The summed E-state index contributed by atoms with van der Waals surface area (Å²) in [6, 6.07) is 0. The van der Waals surface area contributed by atoms with Crippen LogP contribution < -0.4 is 0 Å². The van der Waals surface area contributed by atoms with Crippen molar-refractivity contribution in [3.05, 3.63) is 14.4 Å². The molecule has 0 aromatic carbocycles.